The fourth-order valence-corrected chi connectivity index (χ4v) is 2.35. The van der Waals surface area contributed by atoms with Crippen molar-refractivity contribution in [1.29, 1.82) is 0 Å². The summed E-state index contributed by atoms with van der Waals surface area (Å²) in [6.45, 7) is 3.32. The second-order valence-electron chi connectivity index (χ2n) is 5.02. The minimum Gasteiger partial charge on any atom is -0.359 e. The minimum atomic E-state index is 0. The van der Waals surface area contributed by atoms with Crippen molar-refractivity contribution in [3.05, 3.63) is 52.4 Å². The number of hydrogen-bond donors (Lipinski definition) is 1. The molecule has 0 saturated heterocycles. The van der Waals surface area contributed by atoms with Crippen molar-refractivity contribution >= 4 is 41.5 Å². The van der Waals surface area contributed by atoms with Gasteiger partial charge in [-0.05, 0) is 24.1 Å². The van der Waals surface area contributed by atoms with Gasteiger partial charge >= 0.3 is 0 Å². The third-order valence-electron chi connectivity index (χ3n) is 3.27. The number of benzene rings is 1. The molecule has 0 bridgehead atoms. The van der Waals surface area contributed by atoms with E-state index in [-0.39, 0.29) is 24.0 Å². The summed E-state index contributed by atoms with van der Waals surface area (Å²) in [5.41, 5.74) is 2.09. The molecule has 1 aromatic heterocycles. The molecule has 126 valence electrons. The lowest BCUT2D eigenvalue weighted by molar-refractivity contribution is 0.371. The molecule has 0 saturated carbocycles. The Morgan fingerprint density at radius 3 is 2.78 bits per heavy atom. The van der Waals surface area contributed by atoms with Gasteiger partial charge in [0, 0.05) is 31.7 Å². The summed E-state index contributed by atoms with van der Waals surface area (Å²) in [6.07, 6.45) is 0.868. The number of aromatic nitrogens is 1. The first kappa shape index (κ1) is 19.8. The lowest BCUT2D eigenvalue weighted by Gasteiger charge is -2.21. The lowest BCUT2D eigenvalue weighted by Crippen LogP contribution is -2.37. The topological polar surface area (TPSA) is 53.7 Å². The van der Waals surface area contributed by atoms with Crippen molar-refractivity contribution in [3.63, 3.8) is 0 Å². The van der Waals surface area contributed by atoms with Crippen LogP contribution in [-0.2, 0) is 19.5 Å². The summed E-state index contributed by atoms with van der Waals surface area (Å²) in [6, 6.07) is 9.77. The number of rotatable bonds is 5. The second-order valence-corrected chi connectivity index (χ2v) is 5.46. The zero-order valence-electron chi connectivity index (χ0n) is 13.5. The van der Waals surface area contributed by atoms with Gasteiger partial charge in [0.05, 0.1) is 12.2 Å². The second kappa shape index (κ2) is 9.77. The Morgan fingerprint density at radius 1 is 1.39 bits per heavy atom. The molecular formula is C16H22ClIN4O. The van der Waals surface area contributed by atoms with Gasteiger partial charge in [0.2, 0.25) is 0 Å². The van der Waals surface area contributed by atoms with E-state index in [1.807, 2.05) is 49.2 Å². The molecule has 0 atom stereocenters. The van der Waals surface area contributed by atoms with Crippen LogP contribution in [0.15, 0.2) is 39.8 Å². The first-order chi connectivity index (χ1) is 10.6. The van der Waals surface area contributed by atoms with Crippen LogP contribution in [0.5, 0.6) is 0 Å². The molecule has 1 heterocycles. The summed E-state index contributed by atoms with van der Waals surface area (Å²) in [7, 11) is 3.74. The molecule has 0 aliphatic carbocycles. The number of aliphatic imine (C=N–C) groups is 1. The summed E-state index contributed by atoms with van der Waals surface area (Å²) in [5, 5.41) is 7.98. The molecule has 2 rings (SSSR count). The van der Waals surface area contributed by atoms with E-state index < -0.39 is 0 Å². The monoisotopic (exact) mass is 448 g/mol. The Balaban J connectivity index is 0.00000264. The van der Waals surface area contributed by atoms with E-state index in [1.54, 1.807) is 7.05 Å². The normalized spacial score (nSPS) is 11.0. The summed E-state index contributed by atoms with van der Waals surface area (Å²) in [4.78, 5) is 6.32. The Morgan fingerprint density at radius 2 is 2.17 bits per heavy atom. The van der Waals surface area contributed by atoms with Crippen LogP contribution in [0.25, 0.3) is 0 Å². The Kier molecular flexibility index (Phi) is 8.40. The summed E-state index contributed by atoms with van der Waals surface area (Å²) in [5.74, 6) is 1.59. The molecule has 5 nitrogen and oxygen atoms in total. The lowest BCUT2D eigenvalue weighted by atomic mass is 10.2. The smallest absolute Gasteiger partial charge is 0.194 e. The molecule has 0 amide bonds. The highest BCUT2D eigenvalue weighted by Crippen LogP contribution is 2.12. The van der Waals surface area contributed by atoms with E-state index in [4.69, 9.17) is 16.1 Å². The van der Waals surface area contributed by atoms with E-state index in [0.717, 1.165) is 41.0 Å². The van der Waals surface area contributed by atoms with Crippen LogP contribution in [0, 0.1) is 0 Å². The Hall–Kier alpha value is -1.28. The van der Waals surface area contributed by atoms with Crippen molar-refractivity contribution in [1.82, 2.24) is 15.4 Å². The Bertz CT molecular complexity index is 645. The first-order valence-corrected chi connectivity index (χ1v) is 7.61. The number of nitrogens with zero attached hydrogens (tertiary/aromatic N) is 3. The van der Waals surface area contributed by atoms with Crippen LogP contribution in [-0.4, -0.2) is 30.1 Å². The maximum atomic E-state index is 6.02. The number of halogens is 2. The van der Waals surface area contributed by atoms with Crippen LogP contribution in [0.1, 0.15) is 23.9 Å². The van der Waals surface area contributed by atoms with E-state index in [2.05, 4.69) is 15.5 Å². The average Bonchev–Trinajstić information content (AvgIpc) is 2.96. The van der Waals surface area contributed by atoms with Gasteiger partial charge < -0.3 is 14.7 Å². The zero-order chi connectivity index (χ0) is 15.9. The predicted molar refractivity (Wildman–Crippen MR) is 104 cm³/mol. The van der Waals surface area contributed by atoms with Gasteiger partial charge in [0.25, 0.3) is 0 Å². The molecule has 1 aromatic carbocycles. The zero-order valence-corrected chi connectivity index (χ0v) is 16.6. The van der Waals surface area contributed by atoms with Crippen LogP contribution in [0.2, 0.25) is 5.02 Å². The predicted octanol–water partition coefficient (Wildman–Crippen LogP) is 3.72. The molecule has 0 radical (unpaired) electrons. The van der Waals surface area contributed by atoms with Crippen molar-refractivity contribution in [2.75, 3.05) is 14.1 Å². The van der Waals surface area contributed by atoms with Crippen molar-refractivity contribution in [2.45, 2.75) is 26.4 Å². The maximum Gasteiger partial charge on any atom is 0.194 e. The van der Waals surface area contributed by atoms with E-state index in [1.165, 1.54) is 0 Å². The van der Waals surface area contributed by atoms with Gasteiger partial charge in [-0.3, -0.25) is 4.99 Å². The molecule has 2 aromatic rings. The molecule has 0 aliphatic rings. The molecule has 7 heteroatoms. The fourth-order valence-electron chi connectivity index (χ4n) is 2.14. The third-order valence-corrected chi connectivity index (χ3v) is 3.51. The quantitative estimate of drug-likeness (QED) is 0.430. The molecule has 0 fully saturated rings. The molecular weight excluding hydrogens is 427 g/mol. The molecule has 0 aliphatic heterocycles. The number of aryl methyl sites for hydroxylation is 1. The standard InChI is InChI=1S/C16H21ClN4O.HI/c1-4-14-9-15(22-20-14)10-19-16(18-2)21(3)11-12-6-5-7-13(17)8-12;/h5-9H,4,10-11H2,1-3H3,(H,18,19);1H. The summed E-state index contributed by atoms with van der Waals surface area (Å²) < 4.78 is 5.26. The van der Waals surface area contributed by atoms with Gasteiger partial charge in [0.15, 0.2) is 11.7 Å². The van der Waals surface area contributed by atoms with Crippen molar-refractivity contribution < 1.29 is 4.52 Å². The van der Waals surface area contributed by atoms with E-state index in [9.17, 15) is 0 Å². The van der Waals surface area contributed by atoms with Crippen molar-refractivity contribution in [3.8, 4) is 0 Å². The maximum absolute atomic E-state index is 6.02. The highest BCUT2D eigenvalue weighted by molar-refractivity contribution is 14.0. The number of guanidine groups is 1. The number of hydrogen-bond acceptors (Lipinski definition) is 3. The summed E-state index contributed by atoms with van der Waals surface area (Å²) >= 11 is 6.02. The number of nitrogens with one attached hydrogen (secondary N) is 1. The fraction of sp³-hybridized carbons (Fsp3) is 0.375. The van der Waals surface area contributed by atoms with E-state index in [0.29, 0.717) is 6.54 Å². The van der Waals surface area contributed by atoms with Gasteiger partial charge in [-0.1, -0.05) is 35.8 Å². The molecule has 0 unspecified atom stereocenters. The van der Waals surface area contributed by atoms with Crippen LogP contribution >= 0.6 is 35.6 Å². The first-order valence-electron chi connectivity index (χ1n) is 7.23. The van der Waals surface area contributed by atoms with Gasteiger partial charge in [-0.2, -0.15) is 0 Å². The molecule has 1 N–H and O–H groups in total. The average molecular weight is 449 g/mol. The highest BCUT2D eigenvalue weighted by Gasteiger charge is 2.09. The minimum absolute atomic E-state index is 0. The SMILES string of the molecule is CCc1cc(CNC(=NC)N(C)Cc2cccc(Cl)c2)on1.I. The largest absolute Gasteiger partial charge is 0.359 e. The van der Waals surface area contributed by atoms with Crippen LogP contribution in [0.3, 0.4) is 0 Å². The molecule has 23 heavy (non-hydrogen) atoms. The van der Waals surface area contributed by atoms with Gasteiger partial charge in [-0.25, -0.2) is 0 Å². The van der Waals surface area contributed by atoms with Crippen LogP contribution < -0.4 is 5.32 Å². The highest BCUT2D eigenvalue weighted by atomic mass is 127. The third kappa shape index (κ3) is 6.02. The van der Waals surface area contributed by atoms with Crippen LogP contribution in [0.4, 0.5) is 0 Å². The van der Waals surface area contributed by atoms with E-state index >= 15 is 0 Å². The Labute approximate surface area is 159 Å². The van der Waals surface area contributed by atoms with Gasteiger partial charge in [0.1, 0.15) is 0 Å². The van der Waals surface area contributed by atoms with Gasteiger partial charge in [-0.15, -0.1) is 24.0 Å². The molecule has 0 spiro atoms. The van der Waals surface area contributed by atoms with Crippen molar-refractivity contribution in [2.24, 2.45) is 4.99 Å².